The van der Waals surface area contributed by atoms with Gasteiger partial charge in [0.15, 0.2) is 11.5 Å². The Hall–Kier alpha value is -2.24. The highest BCUT2D eigenvalue weighted by Crippen LogP contribution is 2.35. The highest BCUT2D eigenvalue weighted by Gasteiger charge is 2.25. The van der Waals surface area contributed by atoms with Crippen LogP contribution >= 0.6 is 0 Å². The van der Waals surface area contributed by atoms with Crippen molar-refractivity contribution in [3.63, 3.8) is 0 Å². The van der Waals surface area contributed by atoms with E-state index in [0.717, 1.165) is 29.9 Å². The Bertz CT molecular complexity index is 595. The topological polar surface area (TPSA) is 73.9 Å². The summed E-state index contributed by atoms with van der Waals surface area (Å²) >= 11 is 0. The second kappa shape index (κ2) is 9.30. The summed E-state index contributed by atoms with van der Waals surface area (Å²) in [5.41, 5.74) is 1.15. The summed E-state index contributed by atoms with van der Waals surface area (Å²) in [5.74, 6) is 1.72. The van der Waals surface area contributed by atoms with Crippen LogP contribution in [0, 0.1) is 0 Å². The van der Waals surface area contributed by atoms with Gasteiger partial charge in [0.2, 0.25) is 5.91 Å². The van der Waals surface area contributed by atoms with E-state index < -0.39 is 0 Å². The summed E-state index contributed by atoms with van der Waals surface area (Å²) in [6.45, 7) is 2.08. The predicted molar refractivity (Wildman–Crippen MR) is 93.9 cm³/mol. The van der Waals surface area contributed by atoms with Crippen molar-refractivity contribution < 1.29 is 23.8 Å². The molecule has 1 amide bonds. The molecule has 0 spiro atoms. The molecule has 1 N–H and O–H groups in total. The number of methoxy groups -OCH3 is 2. The van der Waals surface area contributed by atoms with Gasteiger partial charge in [0.25, 0.3) is 0 Å². The molecule has 138 valence electrons. The lowest BCUT2D eigenvalue weighted by atomic mass is 9.98. The fraction of sp³-hybridized carbons (Fsp3) is 0.579. The van der Waals surface area contributed by atoms with E-state index in [1.165, 1.54) is 26.9 Å². The largest absolute Gasteiger partial charge is 0.493 e. The Kier molecular flexibility index (Phi) is 7.10. The highest BCUT2D eigenvalue weighted by molar-refractivity contribution is 5.79. The summed E-state index contributed by atoms with van der Waals surface area (Å²) in [5, 5.41) is 2.88. The summed E-state index contributed by atoms with van der Waals surface area (Å²) in [4.78, 5) is 20.9. The van der Waals surface area contributed by atoms with Crippen LogP contribution in [0.5, 0.6) is 11.5 Å². The average Bonchev–Trinajstić information content (AvgIpc) is 3.27. The Morgan fingerprint density at radius 1 is 1.16 bits per heavy atom. The minimum absolute atomic E-state index is 0.129. The first-order valence-electron chi connectivity index (χ1n) is 8.69. The van der Waals surface area contributed by atoms with Crippen LogP contribution in [0.1, 0.15) is 50.5 Å². The molecule has 3 rings (SSSR count). The van der Waals surface area contributed by atoms with E-state index in [2.05, 4.69) is 10.1 Å². The Morgan fingerprint density at radius 2 is 1.84 bits per heavy atom. The number of carbonyl (C=O) groups excluding carboxylic acids is 2. The van der Waals surface area contributed by atoms with Crippen molar-refractivity contribution >= 4 is 11.9 Å². The Labute approximate surface area is 148 Å². The van der Waals surface area contributed by atoms with E-state index in [-0.39, 0.29) is 17.8 Å². The van der Waals surface area contributed by atoms with E-state index in [1.54, 1.807) is 7.11 Å². The molecule has 0 aromatic heterocycles. The highest BCUT2D eigenvalue weighted by atomic mass is 16.5. The van der Waals surface area contributed by atoms with Gasteiger partial charge < -0.3 is 19.5 Å². The molecule has 2 fully saturated rings. The third-order valence-corrected chi connectivity index (χ3v) is 4.52. The maximum Gasteiger partial charge on any atom is 0.302 e. The number of rotatable bonds is 4. The van der Waals surface area contributed by atoms with Crippen molar-refractivity contribution in [3.8, 4) is 11.5 Å². The van der Waals surface area contributed by atoms with Crippen molar-refractivity contribution in [1.29, 1.82) is 0 Å². The summed E-state index contributed by atoms with van der Waals surface area (Å²) in [7, 11) is 3.01. The molecule has 1 unspecified atom stereocenters. The third kappa shape index (κ3) is 5.66. The van der Waals surface area contributed by atoms with Crippen LogP contribution in [0.3, 0.4) is 0 Å². The molecule has 1 aliphatic carbocycles. The van der Waals surface area contributed by atoms with Crippen molar-refractivity contribution in [2.75, 3.05) is 20.8 Å². The van der Waals surface area contributed by atoms with E-state index in [1.807, 2.05) is 18.2 Å². The second-order valence-electron chi connectivity index (χ2n) is 6.34. The van der Waals surface area contributed by atoms with Gasteiger partial charge in [0.1, 0.15) is 0 Å². The summed E-state index contributed by atoms with van der Waals surface area (Å²) < 4.78 is 15.6. The maximum absolute atomic E-state index is 11.3. The first-order valence-corrected chi connectivity index (χ1v) is 8.69. The third-order valence-electron chi connectivity index (χ3n) is 4.52. The van der Waals surface area contributed by atoms with Crippen LogP contribution in [0.25, 0.3) is 0 Å². The zero-order valence-corrected chi connectivity index (χ0v) is 15.2. The molecule has 1 saturated carbocycles. The molecular formula is C19H27NO5. The maximum atomic E-state index is 11.3. The predicted octanol–water partition coefficient (Wildman–Crippen LogP) is 2.80. The summed E-state index contributed by atoms with van der Waals surface area (Å²) in [6.07, 6.45) is 5.60. The smallest absolute Gasteiger partial charge is 0.302 e. The fourth-order valence-electron chi connectivity index (χ4n) is 3.07. The number of carbonyl (C=O) groups is 2. The quantitative estimate of drug-likeness (QED) is 0.846. The monoisotopic (exact) mass is 349 g/mol. The lowest BCUT2D eigenvalue weighted by molar-refractivity contribution is -0.137. The molecule has 6 nitrogen and oxygen atoms in total. The molecule has 0 radical (unpaired) electrons. The van der Waals surface area contributed by atoms with Gasteiger partial charge in [0, 0.05) is 25.8 Å². The van der Waals surface area contributed by atoms with Crippen molar-refractivity contribution in [3.05, 3.63) is 23.8 Å². The fourth-order valence-corrected chi connectivity index (χ4v) is 3.07. The van der Waals surface area contributed by atoms with Gasteiger partial charge in [0.05, 0.1) is 20.3 Å². The van der Waals surface area contributed by atoms with E-state index in [9.17, 15) is 9.59 Å². The number of amides is 1. The molecule has 1 heterocycles. The zero-order chi connectivity index (χ0) is 18.2. The first kappa shape index (κ1) is 19.1. The van der Waals surface area contributed by atoms with Crippen LogP contribution in [0.4, 0.5) is 0 Å². The van der Waals surface area contributed by atoms with E-state index >= 15 is 0 Å². The van der Waals surface area contributed by atoms with Crippen LogP contribution in [0.2, 0.25) is 0 Å². The van der Waals surface area contributed by atoms with Gasteiger partial charge in [-0.3, -0.25) is 9.59 Å². The molecule has 1 aromatic carbocycles. The lowest BCUT2D eigenvalue weighted by Gasteiger charge is -2.18. The molecule has 1 aromatic rings. The molecule has 1 saturated heterocycles. The van der Waals surface area contributed by atoms with Crippen LogP contribution in [-0.2, 0) is 14.3 Å². The average molecular weight is 349 g/mol. The number of hydrogen-bond acceptors (Lipinski definition) is 5. The van der Waals surface area contributed by atoms with Gasteiger partial charge in [-0.05, 0) is 43.4 Å². The van der Waals surface area contributed by atoms with E-state index in [0.29, 0.717) is 19.1 Å². The number of ether oxygens (including phenoxy) is 3. The normalized spacial score (nSPS) is 19.6. The van der Waals surface area contributed by atoms with Crippen molar-refractivity contribution in [2.24, 2.45) is 0 Å². The lowest BCUT2D eigenvalue weighted by Crippen LogP contribution is -2.14. The van der Waals surface area contributed by atoms with Gasteiger partial charge in [-0.1, -0.05) is 6.07 Å². The number of esters is 1. The molecule has 0 bridgehead atoms. The number of benzene rings is 1. The molecule has 6 heteroatoms. The molecule has 25 heavy (non-hydrogen) atoms. The minimum Gasteiger partial charge on any atom is -0.493 e. The molecule has 1 atom stereocenters. The minimum atomic E-state index is -0.245. The molecule has 1 aliphatic heterocycles. The van der Waals surface area contributed by atoms with Crippen LogP contribution in [0.15, 0.2) is 18.2 Å². The van der Waals surface area contributed by atoms with Gasteiger partial charge in [-0.25, -0.2) is 0 Å². The van der Waals surface area contributed by atoms with Crippen molar-refractivity contribution in [1.82, 2.24) is 5.32 Å². The van der Waals surface area contributed by atoms with Gasteiger partial charge >= 0.3 is 5.97 Å². The van der Waals surface area contributed by atoms with Gasteiger partial charge in [-0.2, -0.15) is 0 Å². The molecular weight excluding hydrogens is 322 g/mol. The number of hydrogen-bond donors (Lipinski definition) is 1. The van der Waals surface area contributed by atoms with Gasteiger partial charge in [-0.15, -0.1) is 0 Å². The van der Waals surface area contributed by atoms with Crippen molar-refractivity contribution in [2.45, 2.75) is 51.0 Å². The Balaban J connectivity index is 0.000000399. The zero-order valence-electron chi connectivity index (χ0n) is 15.2. The van der Waals surface area contributed by atoms with Crippen LogP contribution in [-0.4, -0.2) is 38.7 Å². The standard InChI is InChI=1S/C16H21NO3.C3H6O2/c1-19-14-7-6-11(12-9-16(18)17-10-12)8-15(14)20-13-4-2-3-5-13;1-3(4)5-2/h6-8,12-13H,2-5,9-10H2,1H3,(H,17,18);1-2H3. The SMILES string of the molecule is COC(C)=O.COc1ccc(C2CNC(=O)C2)cc1OC1CCCC1. The number of nitrogens with one attached hydrogen (secondary N) is 1. The molecule has 2 aliphatic rings. The Morgan fingerprint density at radius 3 is 2.36 bits per heavy atom. The second-order valence-corrected chi connectivity index (χ2v) is 6.34. The summed E-state index contributed by atoms with van der Waals surface area (Å²) in [6, 6.07) is 6.02. The van der Waals surface area contributed by atoms with E-state index in [4.69, 9.17) is 9.47 Å². The van der Waals surface area contributed by atoms with Crippen LogP contribution < -0.4 is 14.8 Å². The first-order chi connectivity index (χ1) is 12.0.